The predicted octanol–water partition coefficient (Wildman–Crippen LogP) is 1.32. The zero-order chi connectivity index (χ0) is 14.0. The average molecular weight is 270 g/mol. The van der Waals surface area contributed by atoms with Gasteiger partial charge in [0.25, 0.3) is 0 Å². The molecule has 1 aromatic heterocycles. The van der Waals surface area contributed by atoms with Gasteiger partial charge in [-0.25, -0.2) is 13.8 Å². The van der Waals surface area contributed by atoms with Crippen molar-refractivity contribution in [3.05, 3.63) is 29.6 Å². The van der Waals surface area contributed by atoms with Crippen molar-refractivity contribution < 1.29 is 23.8 Å². The molecule has 0 aliphatic rings. The molecule has 0 spiro atoms. The van der Waals surface area contributed by atoms with Gasteiger partial charge in [0.05, 0.1) is 11.0 Å². The Labute approximate surface area is 107 Å². The summed E-state index contributed by atoms with van der Waals surface area (Å²) in [5.41, 5.74) is 0.433. The Balaban J connectivity index is 2.55. The van der Waals surface area contributed by atoms with Crippen LogP contribution >= 0.6 is 0 Å². The monoisotopic (exact) mass is 270 g/mol. The molecule has 5 nitrogen and oxygen atoms in total. The molecule has 2 N–H and O–H groups in total. The van der Waals surface area contributed by atoms with E-state index in [9.17, 15) is 13.6 Å². The number of aryl methyl sites for hydroxylation is 1. The van der Waals surface area contributed by atoms with Crippen LogP contribution in [0.1, 0.15) is 12.2 Å². The lowest BCUT2D eigenvalue weighted by Gasteiger charge is -2.05. The van der Waals surface area contributed by atoms with Gasteiger partial charge in [0, 0.05) is 25.2 Å². The number of carboxylic acids is 1. The first-order chi connectivity index (χ1) is 9.02. The minimum Gasteiger partial charge on any atom is -0.480 e. The zero-order valence-electron chi connectivity index (χ0n) is 9.94. The first kappa shape index (κ1) is 13.4. The number of imidazole rings is 1. The number of aliphatic hydroxyl groups is 1. The van der Waals surface area contributed by atoms with E-state index < -0.39 is 17.6 Å². The van der Waals surface area contributed by atoms with Gasteiger partial charge in [-0.3, -0.25) is 4.79 Å². The molecule has 0 aliphatic carbocycles. The smallest absolute Gasteiger partial charge is 0.323 e. The number of halogens is 2. The lowest BCUT2D eigenvalue weighted by Crippen LogP contribution is -2.12. The van der Waals surface area contributed by atoms with Crippen LogP contribution in [-0.2, 0) is 17.8 Å². The molecule has 2 rings (SSSR count). The van der Waals surface area contributed by atoms with E-state index >= 15 is 0 Å². The van der Waals surface area contributed by atoms with E-state index in [1.54, 1.807) is 0 Å². The number of fused-ring (bicyclic) bond motifs is 1. The topological polar surface area (TPSA) is 75.3 Å². The van der Waals surface area contributed by atoms with Gasteiger partial charge < -0.3 is 14.8 Å². The van der Waals surface area contributed by atoms with E-state index in [0.29, 0.717) is 18.7 Å². The maximum Gasteiger partial charge on any atom is 0.323 e. The van der Waals surface area contributed by atoms with Crippen LogP contribution in [0.5, 0.6) is 0 Å². The van der Waals surface area contributed by atoms with Crippen LogP contribution in [0, 0.1) is 11.6 Å². The molecule has 2 aromatic rings. The molecular weight excluding hydrogens is 258 g/mol. The molecule has 0 unspecified atom stereocenters. The third-order valence-corrected chi connectivity index (χ3v) is 2.72. The molecule has 0 saturated heterocycles. The Bertz CT molecular complexity index is 625. The fraction of sp³-hybridized carbons (Fsp3) is 0.333. The molecule has 19 heavy (non-hydrogen) atoms. The third-order valence-electron chi connectivity index (χ3n) is 2.72. The van der Waals surface area contributed by atoms with E-state index in [2.05, 4.69) is 4.98 Å². The zero-order valence-corrected chi connectivity index (χ0v) is 9.94. The number of aliphatic carboxylic acids is 1. The lowest BCUT2D eigenvalue weighted by molar-refractivity contribution is -0.137. The summed E-state index contributed by atoms with van der Waals surface area (Å²) in [7, 11) is 0. The van der Waals surface area contributed by atoms with E-state index in [1.165, 1.54) is 4.57 Å². The molecule has 0 fully saturated rings. The summed E-state index contributed by atoms with van der Waals surface area (Å²) in [4.78, 5) is 14.9. The van der Waals surface area contributed by atoms with Crippen LogP contribution in [0.3, 0.4) is 0 Å². The fourth-order valence-corrected chi connectivity index (χ4v) is 1.91. The van der Waals surface area contributed by atoms with Crippen molar-refractivity contribution in [2.45, 2.75) is 19.4 Å². The highest BCUT2D eigenvalue weighted by atomic mass is 19.2. The highest BCUT2D eigenvalue weighted by Gasteiger charge is 2.15. The van der Waals surface area contributed by atoms with Gasteiger partial charge in [-0.2, -0.15) is 0 Å². The van der Waals surface area contributed by atoms with Crippen LogP contribution in [0.15, 0.2) is 12.1 Å². The minimum absolute atomic E-state index is 0.0704. The molecule has 0 atom stereocenters. The summed E-state index contributed by atoms with van der Waals surface area (Å²) >= 11 is 0. The van der Waals surface area contributed by atoms with Crippen molar-refractivity contribution in [3.63, 3.8) is 0 Å². The Morgan fingerprint density at radius 1 is 1.32 bits per heavy atom. The molecule has 102 valence electrons. The van der Waals surface area contributed by atoms with Gasteiger partial charge in [-0.1, -0.05) is 0 Å². The number of benzene rings is 1. The molecule has 0 bridgehead atoms. The van der Waals surface area contributed by atoms with Gasteiger partial charge in [0.2, 0.25) is 0 Å². The van der Waals surface area contributed by atoms with Crippen molar-refractivity contribution in [3.8, 4) is 0 Å². The third kappa shape index (κ3) is 2.70. The fourth-order valence-electron chi connectivity index (χ4n) is 1.91. The number of aliphatic hydroxyl groups excluding tert-OH is 1. The Morgan fingerprint density at radius 3 is 2.63 bits per heavy atom. The second-order valence-corrected chi connectivity index (χ2v) is 4.09. The average Bonchev–Trinajstić information content (AvgIpc) is 2.65. The van der Waals surface area contributed by atoms with Crippen LogP contribution < -0.4 is 0 Å². The summed E-state index contributed by atoms with van der Waals surface area (Å²) in [6.07, 6.45) is 0.732. The standard InChI is InChI=1S/C12H12F2N2O3/c13-7-4-9-10(5-8(7)14)16(6-12(18)19)11(15-9)2-1-3-17/h4-5,17H,1-3,6H2,(H,18,19). The maximum atomic E-state index is 13.2. The van der Waals surface area contributed by atoms with Gasteiger partial charge in [-0.15, -0.1) is 0 Å². The summed E-state index contributed by atoms with van der Waals surface area (Å²) in [6, 6.07) is 1.87. The Hall–Kier alpha value is -2.02. The summed E-state index contributed by atoms with van der Waals surface area (Å²) < 4.78 is 27.7. The maximum absolute atomic E-state index is 13.2. The van der Waals surface area contributed by atoms with E-state index in [0.717, 1.165) is 12.1 Å². The van der Waals surface area contributed by atoms with Crippen molar-refractivity contribution >= 4 is 17.0 Å². The Kier molecular flexibility index (Phi) is 3.75. The van der Waals surface area contributed by atoms with Crippen LogP contribution in [0.4, 0.5) is 8.78 Å². The van der Waals surface area contributed by atoms with Crippen molar-refractivity contribution in [1.29, 1.82) is 0 Å². The highest BCUT2D eigenvalue weighted by Crippen LogP contribution is 2.20. The van der Waals surface area contributed by atoms with Gasteiger partial charge in [0.1, 0.15) is 12.4 Å². The van der Waals surface area contributed by atoms with Crippen molar-refractivity contribution in [2.75, 3.05) is 6.61 Å². The summed E-state index contributed by atoms with van der Waals surface area (Å²) in [6.45, 7) is -0.457. The molecular formula is C12H12F2N2O3. The largest absolute Gasteiger partial charge is 0.480 e. The second-order valence-electron chi connectivity index (χ2n) is 4.09. The quantitative estimate of drug-likeness (QED) is 0.859. The summed E-state index contributed by atoms with van der Waals surface area (Å²) in [5, 5.41) is 17.6. The highest BCUT2D eigenvalue weighted by molar-refractivity contribution is 5.78. The molecule has 0 aliphatic heterocycles. The molecule has 1 aromatic carbocycles. The predicted molar refractivity (Wildman–Crippen MR) is 62.7 cm³/mol. The number of hydrogen-bond acceptors (Lipinski definition) is 3. The number of hydrogen-bond donors (Lipinski definition) is 2. The number of nitrogens with zero attached hydrogens (tertiary/aromatic N) is 2. The van der Waals surface area contributed by atoms with Crippen molar-refractivity contribution in [1.82, 2.24) is 9.55 Å². The van der Waals surface area contributed by atoms with E-state index in [-0.39, 0.29) is 24.2 Å². The summed E-state index contributed by atoms with van der Waals surface area (Å²) in [5.74, 6) is -2.79. The van der Waals surface area contributed by atoms with Crippen LogP contribution in [0.2, 0.25) is 0 Å². The van der Waals surface area contributed by atoms with Gasteiger partial charge >= 0.3 is 5.97 Å². The molecule has 0 saturated carbocycles. The molecule has 0 amide bonds. The lowest BCUT2D eigenvalue weighted by atomic mass is 10.3. The second kappa shape index (κ2) is 5.31. The van der Waals surface area contributed by atoms with Crippen LogP contribution in [-0.4, -0.2) is 32.3 Å². The number of carbonyl (C=O) groups is 1. The number of rotatable bonds is 5. The Morgan fingerprint density at radius 2 is 2.00 bits per heavy atom. The van der Waals surface area contributed by atoms with Crippen LogP contribution in [0.25, 0.3) is 11.0 Å². The SMILES string of the molecule is O=C(O)Cn1c(CCCO)nc2cc(F)c(F)cc21. The first-order valence-corrected chi connectivity index (χ1v) is 5.69. The van der Waals surface area contributed by atoms with Gasteiger partial charge in [-0.05, 0) is 6.42 Å². The van der Waals surface area contributed by atoms with Gasteiger partial charge in [0.15, 0.2) is 11.6 Å². The normalized spacial score (nSPS) is 11.1. The first-order valence-electron chi connectivity index (χ1n) is 5.69. The number of carboxylic acid groups (broad SMARTS) is 1. The molecule has 0 radical (unpaired) electrons. The van der Waals surface area contributed by atoms with E-state index in [4.69, 9.17) is 10.2 Å². The molecule has 7 heteroatoms. The number of aromatic nitrogens is 2. The molecule has 1 heterocycles. The van der Waals surface area contributed by atoms with Crippen molar-refractivity contribution in [2.24, 2.45) is 0 Å². The van der Waals surface area contributed by atoms with E-state index in [1.807, 2.05) is 0 Å². The minimum atomic E-state index is -1.10.